The first-order valence-corrected chi connectivity index (χ1v) is 5.85. The van der Waals surface area contributed by atoms with Crippen molar-refractivity contribution in [3.05, 3.63) is 17.7 Å². The first-order valence-electron chi connectivity index (χ1n) is 5.85. The highest BCUT2D eigenvalue weighted by molar-refractivity contribution is 5.66. The number of hydrogen-bond donors (Lipinski definition) is 3. The van der Waals surface area contributed by atoms with Crippen molar-refractivity contribution >= 4 is 5.97 Å². The minimum absolute atomic E-state index is 0.00386. The Morgan fingerprint density at radius 3 is 2.50 bits per heavy atom. The summed E-state index contributed by atoms with van der Waals surface area (Å²) in [4.78, 5) is 10.3. The zero-order valence-corrected chi connectivity index (χ0v) is 10.3. The third-order valence-electron chi connectivity index (χ3n) is 2.72. The molecule has 0 atom stereocenters. The van der Waals surface area contributed by atoms with E-state index in [1.54, 1.807) is 0 Å². The van der Waals surface area contributed by atoms with E-state index in [1.165, 1.54) is 19.2 Å². The number of ether oxygens (including phenoxy) is 1. The summed E-state index contributed by atoms with van der Waals surface area (Å²) in [5.74, 6) is -0.471. The van der Waals surface area contributed by atoms with Crippen LogP contribution in [0.3, 0.4) is 0 Å². The number of methoxy groups -OCH3 is 1. The summed E-state index contributed by atoms with van der Waals surface area (Å²) in [5, 5.41) is 27.8. The van der Waals surface area contributed by atoms with Gasteiger partial charge in [-0.05, 0) is 30.9 Å². The Labute approximate surface area is 106 Å². The van der Waals surface area contributed by atoms with Crippen molar-refractivity contribution in [2.75, 3.05) is 7.11 Å². The van der Waals surface area contributed by atoms with Crippen LogP contribution in [-0.2, 0) is 11.2 Å². The minimum Gasteiger partial charge on any atom is -0.508 e. The van der Waals surface area contributed by atoms with Gasteiger partial charge in [0.1, 0.15) is 5.75 Å². The molecule has 0 unspecified atom stereocenters. The van der Waals surface area contributed by atoms with Crippen molar-refractivity contribution in [3.8, 4) is 17.2 Å². The van der Waals surface area contributed by atoms with Crippen LogP contribution in [0, 0.1) is 0 Å². The van der Waals surface area contributed by atoms with Gasteiger partial charge in [0.15, 0.2) is 11.5 Å². The van der Waals surface area contributed by atoms with Crippen molar-refractivity contribution in [2.24, 2.45) is 0 Å². The lowest BCUT2D eigenvalue weighted by Crippen LogP contribution is -1.94. The lowest BCUT2D eigenvalue weighted by atomic mass is 10.0. The minimum atomic E-state index is -0.792. The maximum Gasteiger partial charge on any atom is 0.303 e. The molecule has 0 amide bonds. The number of unbranched alkanes of at least 4 members (excludes halogenated alkanes) is 2. The van der Waals surface area contributed by atoms with E-state index in [-0.39, 0.29) is 23.7 Å². The molecule has 0 heterocycles. The topological polar surface area (TPSA) is 87.0 Å². The molecular weight excluding hydrogens is 236 g/mol. The lowest BCUT2D eigenvalue weighted by Gasteiger charge is -2.08. The summed E-state index contributed by atoms with van der Waals surface area (Å²) in [5.41, 5.74) is 0.642. The summed E-state index contributed by atoms with van der Waals surface area (Å²) in [7, 11) is 1.42. The Bertz CT molecular complexity index is 414. The molecule has 0 aliphatic carbocycles. The second-order valence-electron chi connectivity index (χ2n) is 4.11. The second-order valence-corrected chi connectivity index (χ2v) is 4.11. The zero-order chi connectivity index (χ0) is 13.5. The Morgan fingerprint density at radius 1 is 1.17 bits per heavy atom. The van der Waals surface area contributed by atoms with Crippen LogP contribution in [0.5, 0.6) is 17.2 Å². The highest BCUT2D eigenvalue weighted by atomic mass is 16.5. The SMILES string of the molecule is COc1cc(O)c(CCCCCC(=O)O)cc1O. The molecule has 0 saturated heterocycles. The van der Waals surface area contributed by atoms with Crippen LogP contribution in [0.15, 0.2) is 12.1 Å². The first kappa shape index (κ1) is 14.2. The molecule has 3 N–H and O–H groups in total. The Morgan fingerprint density at radius 2 is 1.89 bits per heavy atom. The van der Waals surface area contributed by atoms with Crippen LogP contribution in [0.25, 0.3) is 0 Å². The Kier molecular flexibility index (Phi) is 5.30. The molecule has 0 aromatic heterocycles. The van der Waals surface area contributed by atoms with Gasteiger partial charge in [0.2, 0.25) is 0 Å². The molecule has 0 saturated carbocycles. The van der Waals surface area contributed by atoms with E-state index in [0.29, 0.717) is 18.4 Å². The summed E-state index contributed by atoms with van der Waals surface area (Å²) in [6.07, 6.45) is 2.94. The molecule has 18 heavy (non-hydrogen) atoms. The number of benzene rings is 1. The summed E-state index contributed by atoms with van der Waals surface area (Å²) in [6, 6.07) is 2.85. The van der Waals surface area contributed by atoms with Gasteiger partial charge in [-0.2, -0.15) is 0 Å². The maximum absolute atomic E-state index is 10.3. The summed E-state index contributed by atoms with van der Waals surface area (Å²) < 4.78 is 4.87. The Hall–Kier alpha value is -1.91. The van der Waals surface area contributed by atoms with Crippen LogP contribution in [0.1, 0.15) is 31.2 Å². The van der Waals surface area contributed by atoms with Gasteiger partial charge in [0.05, 0.1) is 7.11 Å². The van der Waals surface area contributed by atoms with E-state index in [9.17, 15) is 15.0 Å². The molecule has 0 spiro atoms. The highest BCUT2D eigenvalue weighted by Crippen LogP contribution is 2.33. The van der Waals surface area contributed by atoms with Gasteiger partial charge in [-0.1, -0.05) is 6.42 Å². The van der Waals surface area contributed by atoms with Crippen molar-refractivity contribution in [3.63, 3.8) is 0 Å². The van der Waals surface area contributed by atoms with Crippen LogP contribution in [-0.4, -0.2) is 28.4 Å². The van der Waals surface area contributed by atoms with Gasteiger partial charge >= 0.3 is 5.97 Å². The molecule has 1 aromatic rings. The zero-order valence-electron chi connectivity index (χ0n) is 10.3. The van der Waals surface area contributed by atoms with Gasteiger partial charge in [0, 0.05) is 12.5 Å². The van der Waals surface area contributed by atoms with E-state index in [1.807, 2.05) is 0 Å². The molecule has 100 valence electrons. The van der Waals surface area contributed by atoms with Crippen molar-refractivity contribution < 1.29 is 24.9 Å². The van der Waals surface area contributed by atoms with Gasteiger partial charge in [-0.3, -0.25) is 4.79 Å². The molecule has 1 aromatic carbocycles. The molecular formula is C13H18O5. The number of hydrogen-bond acceptors (Lipinski definition) is 4. The van der Waals surface area contributed by atoms with Gasteiger partial charge in [-0.15, -0.1) is 0 Å². The molecule has 0 fully saturated rings. The van der Waals surface area contributed by atoms with Crippen molar-refractivity contribution in [1.82, 2.24) is 0 Å². The van der Waals surface area contributed by atoms with Gasteiger partial charge in [-0.25, -0.2) is 0 Å². The number of carboxylic acid groups (broad SMARTS) is 1. The van der Waals surface area contributed by atoms with Crippen LogP contribution < -0.4 is 4.74 Å². The average molecular weight is 254 g/mol. The van der Waals surface area contributed by atoms with E-state index >= 15 is 0 Å². The first-order chi connectivity index (χ1) is 8.54. The lowest BCUT2D eigenvalue weighted by molar-refractivity contribution is -0.137. The summed E-state index contributed by atoms with van der Waals surface area (Å²) >= 11 is 0. The number of aromatic hydroxyl groups is 2. The fraction of sp³-hybridized carbons (Fsp3) is 0.462. The quantitative estimate of drug-likeness (QED) is 0.513. The van der Waals surface area contributed by atoms with Crippen LogP contribution >= 0.6 is 0 Å². The normalized spacial score (nSPS) is 10.3. The molecule has 0 radical (unpaired) electrons. The fourth-order valence-corrected chi connectivity index (χ4v) is 1.73. The van der Waals surface area contributed by atoms with E-state index in [4.69, 9.17) is 9.84 Å². The number of carbonyl (C=O) groups is 1. The number of rotatable bonds is 7. The Balaban J connectivity index is 2.47. The molecule has 0 aliphatic heterocycles. The van der Waals surface area contributed by atoms with E-state index in [2.05, 4.69) is 0 Å². The third kappa shape index (κ3) is 4.16. The largest absolute Gasteiger partial charge is 0.508 e. The molecule has 5 nitrogen and oxygen atoms in total. The van der Waals surface area contributed by atoms with Crippen molar-refractivity contribution in [2.45, 2.75) is 32.1 Å². The third-order valence-corrected chi connectivity index (χ3v) is 2.72. The number of phenolic OH excluding ortho intramolecular Hbond substituents is 2. The van der Waals surface area contributed by atoms with Crippen LogP contribution in [0.2, 0.25) is 0 Å². The second kappa shape index (κ2) is 6.74. The van der Waals surface area contributed by atoms with E-state index in [0.717, 1.165) is 12.8 Å². The van der Waals surface area contributed by atoms with Crippen molar-refractivity contribution in [1.29, 1.82) is 0 Å². The van der Waals surface area contributed by atoms with E-state index < -0.39 is 5.97 Å². The number of carboxylic acids is 1. The number of aryl methyl sites for hydroxylation is 1. The molecule has 5 heteroatoms. The monoisotopic (exact) mass is 254 g/mol. The highest BCUT2D eigenvalue weighted by Gasteiger charge is 2.08. The molecule has 1 rings (SSSR count). The summed E-state index contributed by atoms with van der Waals surface area (Å²) in [6.45, 7) is 0. The predicted molar refractivity (Wildman–Crippen MR) is 66.1 cm³/mol. The molecule has 0 bridgehead atoms. The molecule has 0 aliphatic rings. The number of phenols is 2. The number of aliphatic carboxylic acids is 1. The smallest absolute Gasteiger partial charge is 0.303 e. The predicted octanol–water partition coefficient (Wildman–Crippen LogP) is 2.29. The average Bonchev–Trinajstić information content (AvgIpc) is 2.32. The van der Waals surface area contributed by atoms with Gasteiger partial charge < -0.3 is 20.1 Å². The fourth-order valence-electron chi connectivity index (χ4n) is 1.73. The van der Waals surface area contributed by atoms with Gasteiger partial charge in [0.25, 0.3) is 0 Å². The maximum atomic E-state index is 10.3. The van der Waals surface area contributed by atoms with Crippen LogP contribution in [0.4, 0.5) is 0 Å². The standard InChI is InChI=1S/C13H18O5/c1-18-12-8-10(14)9(7-11(12)15)5-3-2-4-6-13(16)17/h7-8,14-15H,2-6H2,1H3,(H,16,17).